The number of amides is 1. The maximum Gasteiger partial charge on any atom is 0.305 e. The molecular formula is C16H18N2O3. The normalized spacial score (nSPS) is 10.5. The van der Waals surface area contributed by atoms with Gasteiger partial charge in [0, 0.05) is 31.6 Å². The van der Waals surface area contributed by atoms with Crippen LogP contribution >= 0.6 is 0 Å². The lowest BCUT2D eigenvalue weighted by molar-refractivity contribution is -0.138. The zero-order valence-electron chi connectivity index (χ0n) is 12.0. The molecule has 0 spiro atoms. The molecule has 0 aliphatic rings. The zero-order valence-corrected chi connectivity index (χ0v) is 12.0. The number of aromatic nitrogens is 1. The molecule has 5 heteroatoms. The van der Waals surface area contributed by atoms with Crippen LogP contribution in [0.4, 0.5) is 0 Å². The van der Waals surface area contributed by atoms with Gasteiger partial charge in [0.1, 0.15) is 0 Å². The minimum Gasteiger partial charge on any atom is -0.481 e. The predicted molar refractivity (Wildman–Crippen MR) is 80.0 cm³/mol. The number of aryl methyl sites for hydroxylation is 1. The summed E-state index contributed by atoms with van der Waals surface area (Å²) in [4.78, 5) is 28.3. The second-order valence-corrected chi connectivity index (χ2v) is 4.95. The molecular weight excluding hydrogens is 268 g/mol. The van der Waals surface area contributed by atoms with Gasteiger partial charge in [0.15, 0.2) is 0 Å². The van der Waals surface area contributed by atoms with Crippen molar-refractivity contribution in [3.05, 3.63) is 42.1 Å². The summed E-state index contributed by atoms with van der Waals surface area (Å²) >= 11 is 0. The number of carboxylic acid groups (broad SMARTS) is 1. The monoisotopic (exact) mass is 286 g/mol. The molecule has 0 saturated heterocycles. The molecule has 2 aromatic rings. The SMILES string of the molecule is CN(CCC(=O)O)C(=O)CCc1ccnc2ccccc12. The largest absolute Gasteiger partial charge is 0.481 e. The van der Waals surface area contributed by atoms with Crippen molar-refractivity contribution in [2.75, 3.05) is 13.6 Å². The lowest BCUT2D eigenvalue weighted by Crippen LogP contribution is -2.29. The van der Waals surface area contributed by atoms with Crippen molar-refractivity contribution in [3.63, 3.8) is 0 Å². The quantitative estimate of drug-likeness (QED) is 0.882. The van der Waals surface area contributed by atoms with Crippen LogP contribution in [0.2, 0.25) is 0 Å². The summed E-state index contributed by atoms with van der Waals surface area (Å²) in [5, 5.41) is 9.68. The van der Waals surface area contributed by atoms with Gasteiger partial charge in [-0.2, -0.15) is 0 Å². The fourth-order valence-electron chi connectivity index (χ4n) is 2.19. The summed E-state index contributed by atoms with van der Waals surface area (Å²) < 4.78 is 0. The molecule has 1 amide bonds. The van der Waals surface area contributed by atoms with Crippen LogP contribution in [0.1, 0.15) is 18.4 Å². The number of benzene rings is 1. The molecule has 0 aliphatic heterocycles. The van der Waals surface area contributed by atoms with E-state index < -0.39 is 5.97 Å². The van der Waals surface area contributed by atoms with Crippen LogP contribution in [-0.2, 0) is 16.0 Å². The molecule has 110 valence electrons. The number of rotatable bonds is 6. The first-order chi connectivity index (χ1) is 10.1. The highest BCUT2D eigenvalue weighted by Crippen LogP contribution is 2.17. The minimum atomic E-state index is -0.894. The van der Waals surface area contributed by atoms with Gasteiger partial charge in [0.25, 0.3) is 0 Å². The van der Waals surface area contributed by atoms with E-state index in [2.05, 4.69) is 4.98 Å². The molecule has 0 saturated carbocycles. The molecule has 1 aromatic carbocycles. The standard InChI is InChI=1S/C16H18N2O3/c1-18(11-9-16(20)21)15(19)7-6-12-8-10-17-14-5-3-2-4-13(12)14/h2-5,8,10H,6-7,9,11H2,1H3,(H,20,21). The van der Waals surface area contributed by atoms with E-state index in [9.17, 15) is 9.59 Å². The molecule has 0 bridgehead atoms. The number of carboxylic acids is 1. The van der Waals surface area contributed by atoms with E-state index in [1.807, 2.05) is 30.3 Å². The number of pyridine rings is 1. The van der Waals surface area contributed by atoms with Gasteiger partial charge in [-0.05, 0) is 24.1 Å². The predicted octanol–water partition coefficient (Wildman–Crippen LogP) is 2.10. The summed E-state index contributed by atoms with van der Waals surface area (Å²) in [5.41, 5.74) is 2.00. The van der Waals surface area contributed by atoms with Crippen LogP contribution in [-0.4, -0.2) is 40.5 Å². The highest BCUT2D eigenvalue weighted by molar-refractivity contribution is 5.83. The first-order valence-electron chi connectivity index (χ1n) is 6.86. The van der Waals surface area contributed by atoms with Crippen LogP contribution in [0.3, 0.4) is 0 Å². The number of carbonyl (C=O) groups is 2. The van der Waals surface area contributed by atoms with Crippen LogP contribution in [0, 0.1) is 0 Å². The Hall–Kier alpha value is -2.43. The minimum absolute atomic E-state index is 0.0274. The van der Waals surface area contributed by atoms with Gasteiger partial charge >= 0.3 is 5.97 Å². The number of carbonyl (C=O) groups excluding carboxylic acids is 1. The molecule has 1 aromatic heterocycles. The molecule has 1 heterocycles. The Kier molecular flexibility index (Phi) is 4.87. The Bertz CT molecular complexity index is 650. The average molecular weight is 286 g/mol. The molecule has 1 N–H and O–H groups in total. The number of nitrogens with zero attached hydrogens (tertiary/aromatic N) is 2. The molecule has 0 atom stereocenters. The Morgan fingerprint density at radius 2 is 1.95 bits per heavy atom. The van der Waals surface area contributed by atoms with E-state index in [1.54, 1.807) is 13.2 Å². The van der Waals surface area contributed by atoms with Gasteiger partial charge in [-0.3, -0.25) is 14.6 Å². The van der Waals surface area contributed by atoms with E-state index in [0.717, 1.165) is 16.5 Å². The summed E-state index contributed by atoms with van der Waals surface area (Å²) in [7, 11) is 1.63. The zero-order chi connectivity index (χ0) is 15.2. The van der Waals surface area contributed by atoms with Crippen molar-refractivity contribution in [3.8, 4) is 0 Å². The Balaban J connectivity index is 1.98. The van der Waals surface area contributed by atoms with E-state index in [4.69, 9.17) is 5.11 Å². The number of aliphatic carboxylic acids is 1. The maximum absolute atomic E-state index is 12.0. The third-order valence-electron chi connectivity index (χ3n) is 3.43. The highest BCUT2D eigenvalue weighted by atomic mass is 16.4. The second-order valence-electron chi connectivity index (χ2n) is 4.95. The molecule has 0 radical (unpaired) electrons. The number of hydrogen-bond acceptors (Lipinski definition) is 3. The Morgan fingerprint density at radius 1 is 1.19 bits per heavy atom. The first-order valence-corrected chi connectivity index (χ1v) is 6.86. The van der Waals surface area contributed by atoms with Crippen molar-refractivity contribution < 1.29 is 14.7 Å². The third-order valence-corrected chi connectivity index (χ3v) is 3.43. The molecule has 2 rings (SSSR count). The highest BCUT2D eigenvalue weighted by Gasteiger charge is 2.11. The van der Waals surface area contributed by atoms with Gasteiger partial charge in [-0.25, -0.2) is 0 Å². The van der Waals surface area contributed by atoms with Crippen LogP contribution < -0.4 is 0 Å². The van der Waals surface area contributed by atoms with E-state index in [-0.39, 0.29) is 18.9 Å². The summed E-state index contributed by atoms with van der Waals surface area (Å²) in [6.45, 7) is 0.241. The van der Waals surface area contributed by atoms with Crippen molar-refractivity contribution in [1.82, 2.24) is 9.88 Å². The summed E-state index contributed by atoms with van der Waals surface area (Å²) in [6.07, 6.45) is 2.71. The number of fused-ring (bicyclic) bond motifs is 1. The fourth-order valence-corrected chi connectivity index (χ4v) is 2.19. The van der Waals surface area contributed by atoms with E-state index in [1.165, 1.54) is 4.90 Å². The number of hydrogen-bond donors (Lipinski definition) is 1. The maximum atomic E-state index is 12.0. The van der Waals surface area contributed by atoms with Gasteiger partial charge in [0.2, 0.25) is 5.91 Å². The van der Waals surface area contributed by atoms with Crippen molar-refractivity contribution in [2.24, 2.45) is 0 Å². The van der Waals surface area contributed by atoms with E-state index in [0.29, 0.717) is 12.8 Å². The molecule has 0 fully saturated rings. The Morgan fingerprint density at radius 3 is 2.71 bits per heavy atom. The number of para-hydroxylation sites is 1. The van der Waals surface area contributed by atoms with Gasteiger partial charge in [-0.1, -0.05) is 18.2 Å². The van der Waals surface area contributed by atoms with Crippen molar-refractivity contribution in [2.45, 2.75) is 19.3 Å². The lowest BCUT2D eigenvalue weighted by Gasteiger charge is -2.16. The topological polar surface area (TPSA) is 70.5 Å². The Labute approximate surface area is 123 Å². The average Bonchev–Trinajstić information content (AvgIpc) is 2.50. The molecule has 0 aliphatic carbocycles. The van der Waals surface area contributed by atoms with Crippen LogP contribution in [0.15, 0.2) is 36.5 Å². The summed E-state index contributed by atoms with van der Waals surface area (Å²) in [5.74, 6) is -0.938. The van der Waals surface area contributed by atoms with Crippen LogP contribution in [0.5, 0.6) is 0 Å². The molecule has 0 unspecified atom stereocenters. The van der Waals surface area contributed by atoms with Crippen LogP contribution in [0.25, 0.3) is 10.9 Å². The molecule has 5 nitrogen and oxygen atoms in total. The molecule has 21 heavy (non-hydrogen) atoms. The van der Waals surface area contributed by atoms with Gasteiger partial charge in [-0.15, -0.1) is 0 Å². The van der Waals surface area contributed by atoms with Gasteiger partial charge in [0.05, 0.1) is 11.9 Å². The lowest BCUT2D eigenvalue weighted by atomic mass is 10.0. The summed E-state index contributed by atoms with van der Waals surface area (Å²) in [6, 6.07) is 9.75. The second kappa shape index (κ2) is 6.83. The fraction of sp³-hybridized carbons (Fsp3) is 0.312. The third kappa shape index (κ3) is 4.02. The first kappa shape index (κ1) is 15.0. The van der Waals surface area contributed by atoms with Crippen molar-refractivity contribution >= 4 is 22.8 Å². The van der Waals surface area contributed by atoms with Crippen molar-refractivity contribution in [1.29, 1.82) is 0 Å². The van der Waals surface area contributed by atoms with Gasteiger partial charge < -0.3 is 10.0 Å². The smallest absolute Gasteiger partial charge is 0.305 e. The van der Waals surface area contributed by atoms with E-state index >= 15 is 0 Å².